The normalized spacial score (nSPS) is 12.9. The van der Waals surface area contributed by atoms with Crippen molar-refractivity contribution in [3.05, 3.63) is 67.9 Å². The van der Waals surface area contributed by atoms with E-state index in [2.05, 4.69) is 25.6 Å². The van der Waals surface area contributed by atoms with Crippen molar-refractivity contribution < 1.29 is 52.1 Å². The van der Waals surface area contributed by atoms with E-state index in [9.17, 15) is 37.4 Å². The summed E-state index contributed by atoms with van der Waals surface area (Å²) in [6.45, 7) is 9.97. The number of benzene rings is 2. The number of nitrogens with zero attached hydrogens (tertiary/aromatic N) is 4. The minimum atomic E-state index is -4.58. The van der Waals surface area contributed by atoms with Crippen LogP contribution in [0.1, 0.15) is 50.0 Å². The molecule has 0 bridgehead atoms. The number of aromatic nitrogens is 3. The molecule has 2 unspecified atom stereocenters. The molecular weight excluding hydrogens is 737 g/mol. The molecule has 1 heterocycles. The summed E-state index contributed by atoms with van der Waals surface area (Å²) in [5.41, 5.74) is 2.74. The number of carboxylic acid groups (broad SMARTS) is 2. The van der Waals surface area contributed by atoms with Crippen molar-refractivity contribution in [1.82, 2.24) is 15.0 Å². The van der Waals surface area contributed by atoms with Gasteiger partial charge in [0.1, 0.15) is 23.1 Å². The van der Waals surface area contributed by atoms with Crippen LogP contribution < -0.4 is 21.1 Å². The highest BCUT2D eigenvalue weighted by Gasteiger charge is 2.31. The zero-order chi connectivity index (χ0) is 38.6. The van der Waals surface area contributed by atoms with Crippen molar-refractivity contribution in [1.29, 1.82) is 0 Å². The lowest BCUT2D eigenvalue weighted by Crippen LogP contribution is -2.30. The Morgan fingerprint density at radius 3 is 2.14 bits per heavy atom. The molecule has 50 heavy (non-hydrogen) atoms. The summed E-state index contributed by atoms with van der Waals surface area (Å²) in [6.07, 6.45) is -4.58. The van der Waals surface area contributed by atoms with Crippen LogP contribution in [0.25, 0.3) is 0 Å². The molecule has 1 aromatic heterocycles. The number of alkyl halides is 3. The predicted molar refractivity (Wildman–Crippen MR) is 180 cm³/mol. The fourth-order valence-corrected chi connectivity index (χ4v) is 4.41. The third-order valence-electron chi connectivity index (χ3n) is 5.48. The smallest absolute Gasteiger partial charge is 0.416 e. The number of aliphatic carboxylic acids is 1. The highest BCUT2D eigenvalue weighted by molar-refractivity contribution is 7.57. The van der Waals surface area contributed by atoms with E-state index in [4.69, 9.17) is 48.8 Å². The van der Waals surface area contributed by atoms with Gasteiger partial charge in [-0.15, -0.1) is 0 Å². The molecule has 0 radical (unpaired) electrons. The second-order valence-corrected chi connectivity index (χ2v) is 14.4. The monoisotopic (exact) mass is 771 g/mol. The first-order valence-corrected chi connectivity index (χ1v) is 17.1. The third-order valence-corrected chi connectivity index (χ3v) is 7.04. The molecule has 0 spiro atoms. The molecule has 0 fully saturated rings. The van der Waals surface area contributed by atoms with E-state index >= 15 is 0 Å². The number of nitro benzene ring substituents is 1. The van der Waals surface area contributed by atoms with Crippen LogP contribution in [0.4, 0.5) is 30.8 Å². The highest BCUT2D eigenvalue weighted by atomic mass is 35.5. The summed E-state index contributed by atoms with van der Waals surface area (Å²) in [5.74, 6) is -2.00. The molecule has 0 aliphatic heterocycles. The van der Waals surface area contributed by atoms with E-state index in [1.165, 1.54) is 6.66 Å². The van der Waals surface area contributed by atoms with Gasteiger partial charge in [-0.1, -0.05) is 11.6 Å². The molecule has 7 N–H and O–H groups in total. The Morgan fingerprint density at radius 2 is 1.68 bits per heavy atom. The standard InChI is InChI=1S/C14H7ClF3NO5.C9H16ClN5.C5H12NO4P/c15-10-5-7(14(16,17)18)1-4-12(10)24-8-2-3-11(19(22)23)9(6-8)13(20)21;1-5-11-7-12-6(10)13-8(14-7)15-9(2,3)4;1-11(9,10)3-2-4(6)5(7)8/h1-6H,(H,20,21);5H2,1-4H3,(H2,11,12,13,14,15);4H,2-3,6H2,1H3,(H,7,8)(H,9,10). The number of carboxylic acids is 2. The van der Waals surface area contributed by atoms with E-state index in [0.717, 1.165) is 36.9 Å². The van der Waals surface area contributed by atoms with E-state index < -0.39 is 53.3 Å². The largest absolute Gasteiger partial charge is 0.480 e. The van der Waals surface area contributed by atoms with Crippen molar-refractivity contribution in [2.45, 2.75) is 51.9 Å². The molecule has 2 aromatic carbocycles. The summed E-state index contributed by atoms with van der Waals surface area (Å²) < 4.78 is 53.5. The average molecular weight is 773 g/mol. The van der Waals surface area contributed by atoms with Crippen LogP contribution in [-0.4, -0.2) is 77.9 Å². The topological polar surface area (TPSA) is 253 Å². The van der Waals surface area contributed by atoms with Crippen molar-refractivity contribution in [3.8, 4) is 11.5 Å². The summed E-state index contributed by atoms with van der Waals surface area (Å²) in [5, 5.41) is 34.0. The Balaban J connectivity index is 0.000000412. The van der Waals surface area contributed by atoms with Crippen LogP contribution in [0.2, 0.25) is 10.3 Å². The van der Waals surface area contributed by atoms with Crippen molar-refractivity contribution in [2.75, 3.05) is 30.0 Å². The Kier molecular flexibility index (Phi) is 16.3. The maximum atomic E-state index is 12.6. The number of hydrogen-bond acceptors (Lipinski definition) is 12. The molecule has 22 heteroatoms. The van der Waals surface area contributed by atoms with Gasteiger partial charge in [0.2, 0.25) is 17.2 Å². The SMILES string of the molecule is CCNc1nc(Cl)nc(NC(C)(C)C)n1.CP(=O)(O)CCC(N)C(=O)O.O=C(O)c1cc(Oc2ccc(C(F)(F)F)cc2Cl)ccc1[N+](=O)[O-]. The first-order chi connectivity index (χ1) is 22.8. The number of nitrogens with one attached hydrogen (secondary N) is 2. The maximum absolute atomic E-state index is 12.6. The van der Waals surface area contributed by atoms with Gasteiger partial charge in [0.25, 0.3) is 5.69 Å². The molecule has 16 nitrogen and oxygen atoms in total. The van der Waals surface area contributed by atoms with Gasteiger partial charge in [-0.3, -0.25) is 19.5 Å². The van der Waals surface area contributed by atoms with E-state index in [1.54, 1.807) is 0 Å². The van der Waals surface area contributed by atoms with Crippen molar-refractivity contribution in [3.63, 3.8) is 0 Å². The quantitative estimate of drug-likeness (QED) is 0.0681. The number of nitro groups is 1. The van der Waals surface area contributed by atoms with Crippen LogP contribution in [0.3, 0.4) is 0 Å². The second-order valence-electron chi connectivity index (χ2n) is 11.2. The van der Waals surface area contributed by atoms with E-state index in [-0.39, 0.29) is 39.9 Å². The molecule has 0 saturated carbocycles. The second kappa shape index (κ2) is 18.6. The Morgan fingerprint density at radius 1 is 1.08 bits per heavy atom. The number of anilines is 2. The van der Waals surface area contributed by atoms with Gasteiger partial charge < -0.3 is 36.2 Å². The lowest BCUT2D eigenvalue weighted by molar-refractivity contribution is -0.385. The summed E-state index contributed by atoms with van der Waals surface area (Å²) in [7, 11) is -3.10. The lowest BCUT2D eigenvalue weighted by Gasteiger charge is -2.20. The molecule has 0 amide bonds. The maximum Gasteiger partial charge on any atom is 0.416 e. The van der Waals surface area contributed by atoms with Gasteiger partial charge >= 0.3 is 18.1 Å². The van der Waals surface area contributed by atoms with Gasteiger partial charge in [0.05, 0.1) is 15.5 Å². The zero-order valence-corrected chi connectivity index (χ0v) is 29.6. The molecular formula is C28H35Cl2F3N7O9P. The molecule has 0 aliphatic rings. The van der Waals surface area contributed by atoms with Crippen molar-refractivity contribution >= 4 is 60.1 Å². The molecule has 276 valence electrons. The van der Waals surface area contributed by atoms with Gasteiger partial charge in [-0.25, -0.2) is 4.79 Å². The Labute approximate surface area is 293 Å². The number of halogens is 5. The molecule has 2 atom stereocenters. The number of nitrogens with two attached hydrogens (primary N) is 1. The number of carbonyl (C=O) groups is 2. The minimum Gasteiger partial charge on any atom is -0.480 e. The summed E-state index contributed by atoms with van der Waals surface area (Å²) >= 11 is 11.5. The Hall–Kier alpha value is -4.29. The van der Waals surface area contributed by atoms with Crippen LogP contribution >= 0.6 is 30.6 Å². The third kappa shape index (κ3) is 16.4. The van der Waals surface area contributed by atoms with Crippen LogP contribution in [0.15, 0.2) is 36.4 Å². The van der Waals surface area contributed by atoms with Crippen LogP contribution in [-0.2, 0) is 15.5 Å². The fraction of sp³-hybridized carbons (Fsp3) is 0.393. The average Bonchev–Trinajstić information content (AvgIpc) is 2.95. The van der Waals surface area contributed by atoms with Crippen LogP contribution in [0, 0.1) is 10.1 Å². The first-order valence-electron chi connectivity index (χ1n) is 14.1. The van der Waals surface area contributed by atoms with E-state index in [0.29, 0.717) is 18.0 Å². The van der Waals surface area contributed by atoms with Gasteiger partial charge in [-0.05, 0) is 70.0 Å². The molecule has 3 aromatic rings. The van der Waals surface area contributed by atoms with Gasteiger partial charge in [-0.2, -0.15) is 28.1 Å². The molecule has 0 aliphatic carbocycles. The summed E-state index contributed by atoms with van der Waals surface area (Å²) in [4.78, 5) is 51.9. The molecule has 0 saturated heterocycles. The summed E-state index contributed by atoms with van der Waals surface area (Å²) in [6, 6.07) is 4.23. The van der Waals surface area contributed by atoms with Gasteiger partial charge in [0, 0.05) is 37.0 Å². The zero-order valence-electron chi connectivity index (χ0n) is 27.2. The number of rotatable bonds is 11. The number of ether oxygens (including phenoxy) is 1. The minimum absolute atomic E-state index is 0.0412. The predicted octanol–water partition coefficient (Wildman–Crippen LogP) is 6.61. The number of aromatic carboxylic acids is 1. The molecule has 3 rings (SSSR count). The highest BCUT2D eigenvalue weighted by Crippen LogP contribution is 2.37. The first kappa shape index (κ1) is 43.7. The number of hydrogen-bond donors (Lipinski definition) is 6. The fourth-order valence-electron chi connectivity index (χ4n) is 3.28. The van der Waals surface area contributed by atoms with Gasteiger partial charge in [0.15, 0.2) is 7.37 Å². The lowest BCUT2D eigenvalue weighted by atomic mass is 10.1. The van der Waals surface area contributed by atoms with Crippen LogP contribution in [0.5, 0.6) is 11.5 Å². The van der Waals surface area contributed by atoms with E-state index in [1.807, 2.05) is 27.7 Å². The van der Waals surface area contributed by atoms with Crippen molar-refractivity contribution in [2.24, 2.45) is 5.73 Å². The Bertz CT molecular complexity index is 1710.